The number of carbonyl (C=O) groups excluding carboxylic acids is 1. The van der Waals surface area contributed by atoms with E-state index in [2.05, 4.69) is 10.00 Å². The Labute approximate surface area is 179 Å². The van der Waals surface area contributed by atoms with Gasteiger partial charge in [0.1, 0.15) is 11.6 Å². The van der Waals surface area contributed by atoms with Crippen LogP contribution in [0.5, 0.6) is 5.75 Å². The number of piperazine rings is 1. The van der Waals surface area contributed by atoms with Crippen molar-refractivity contribution in [2.24, 2.45) is 7.05 Å². The fraction of sp³-hybridized carbons (Fsp3) is 0.348. The molecule has 8 heteroatoms. The van der Waals surface area contributed by atoms with Crippen molar-refractivity contribution in [2.75, 3.05) is 31.1 Å². The molecule has 4 rings (SSSR count). The minimum absolute atomic E-state index is 0.0764. The number of hydrogen-bond acceptors (Lipinski definition) is 5. The van der Waals surface area contributed by atoms with Crippen LogP contribution >= 0.6 is 0 Å². The Morgan fingerprint density at radius 3 is 2.42 bits per heavy atom. The molecule has 0 aliphatic carbocycles. The lowest BCUT2D eigenvalue weighted by Gasteiger charge is -2.36. The maximum Gasteiger partial charge on any atom is 0.275 e. The molecule has 31 heavy (non-hydrogen) atoms. The van der Waals surface area contributed by atoms with Gasteiger partial charge in [0.25, 0.3) is 11.5 Å². The topological polar surface area (TPSA) is 67.7 Å². The molecule has 3 aromatic rings. The van der Waals surface area contributed by atoms with Crippen molar-refractivity contribution in [1.29, 1.82) is 0 Å². The first-order valence-corrected chi connectivity index (χ1v) is 10.3. The van der Waals surface area contributed by atoms with Crippen molar-refractivity contribution in [3.8, 4) is 5.75 Å². The molecule has 0 saturated carbocycles. The largest absolute Gasteiger partial charge is 0.489 e. The normalized spacial score (nSPS) is 14.4. The molecule has 0 N–H and O–H groups in total. The van der Waals surface area contributed by atoms with E-state index in [1.54, 1.807) is 42.3 Å². The minimum atomic E-state index is -0.346. The lowest BCUT2D eigenvalue weighted by Crippen LogP contribution is -2.49. The lowest BCUT2D eigenvalue weighted by atomic mass is 10.1. The Hall–Kier alpha value is -3.42. The van der Waals surface area contributed by atoms with Gasteiger partial charge in [-0.3, -0.25) is 9.59 Å². The average Bonchev–Trinajstić information content (AvgIpc) is 2.76. The lowest BCUT2D eigenvalue weighted by molar-refractivity contribution is 0.0740. The van der Waals surface area contributed by atoms with E-state index in [-0.39, 0.29) is 29.1 Å². The molecule has 1 saturated heterocycles. The van der Waals surface area contributed by atoms with Gasteiger partial charge >= 0.3 is 0 Å². The molecule has 0 bridgehead atoms. The van der Waals surface area contributed by atoms with Crippen molar-refractivity contribution in [3.05, 3.63) is 64.3 Å². The maximum absolute atomic E-state index is 13.7. The van der Waals surface area contributed by atoms with Gasteiger partial charge in [-0.1, -0.05) is 18.2 Å². The fourth-order valence-electron chi connectivity index (χ4n) is 3.86. The highest BCUT2D eigenvalue weighted by atomic mass is 19.1. The number of carbonyl (C=O) groups is 1. The Morgan fingerprint density at radius 2 is 1.74 bits per heavy atom. The van der Waals surface area contributed by atoms with Crippen LogP contribution < -0.4 is 15.2 Å². The summed E-state index contributed by atoms with van der Waals surface area (Å²) in [4.78, 5) is 29.4. The highest BCUT2D eigenvalue weighted by molar-refractivity contribution is 6.04. The number of fused-ring (bicyclic) bond motifs is 1. The molecule has 1 aromatic heterocycles. The van der Waals surface area contributed by atoms with Gasteiger partial charge in [-0.15, -0.1) is 0 Å². The van der Waals surface area contributed by atoms with Gasteiger partial charge in [-0.2, -0.15) is 5.10 Å². The van der Waals surface area contributed by atoms with Crippen LogP contribution in [-0.4, -0.2) is 52.9 Å². The zero-order chi connectivity index (χ0) is 22.1. The molecular weight excluding hydrogens is 399 g/mol. The zero-order valence-corrected chi connectivity index (χ0v) is 17.8. The highest BCUT2D eigenvalue weighted by Gasteiger charge is 2.27. The quantitative estimate of drug-likeness (QED) is 0.644. The van der Waals surface area contributed by atoms with E-state index < -0.39 is 0 Å². The number of anilines is 1. The minimum Gasteiger partial charge on any atom is -0.489 e. The van der Waals surface area contributed by atoms with E-state index in [0.717, 1.165) is 5.69 Å². The van der Waals surface area contributed by atoms with E-state index in [0.29, 0.717) is 42.7 Å². The van der Waals surface area contributed by atoms with Crippen LogP contribution in [0.15, 0.2) is 47.3 Å². The molecule has 0 unspecified atom stereocenters. The molecule has 162 valence electrons. The molecule has 0 radical (unpaired) electrons. The predicted molar refractivity (Wildman–Crippen MR) is 117 cm³/mol. The first kappa shape index (κ1) is 20.8. The molecule has 7 nitrogen and oxygen atoms in total. The second-order valence-corrected chi connectivity index (χ2v) is 7.88. The molecule has 1 fully saturated rings. The maximum atomic E-state index is 13.7. The third-order valence-electron chi connectivity index (χ3n) is 5.35. The van der Waals surface area contributed by atoms with Crippen LogP contribution in [0.3, 0.4) is 0 Å². The number of aromatic nitrogens is 2. The van der Waals surface area contributed by atoms with Crippen LogP contribution in [0.1, 0.15) is 24.3 Å². The Bertz CT molecular complexity index is 1180. The van der Waals surface area contributed by atoms with E-state index in [9.17, 15) is 14.0 Å². The van der Waals surface area contributed by atoms with E-state index in [1.807, 2.05) is 13.8 Å². The van der Waals surface area contributed by atoms with E-state index >= 15 is 0 Å². The van der Waals surface area contributed by atoms with Crippen molar-refractivity contribution >= 4 is 22.4 Å². The van der Waals surface area contributed by atoms with E-state index in [1.165, 1.54) is 16.8 Å². The summed E-state index contributed by atoms with van der Waals surface area (Å²) in [6, 6.07) is 11.6. The number of halogens is 1. The molecule has 0 spiro atoms. The summed E-state index contributed by atoms with van der Waals surface area (Å²) in [5.74, 6) is -0.0504. The van der Waals surface area contributed by atoms with Crippen LogP contribution in [-0.2, 0) is 7.05 Å². The molecular formula is C23H25FN4O3. The molecule has 2 aromatic carbocycles. The predicted octanol–water partition coefficient (Wildman–Crippen LogP) is 2.82. The van der Waals surface area contributed by atoms with Gasteiger partial charge < -0.3 is 14.5 Å². The Kier molecular flexibility index (Phi) is 5.63. The smallest absolute Gasteiger partial charge is 0.275 e. The SMILES string of the molecule is CC(C)Oc1cc(F)ccc1N1CCN(C(=O)c2nn(C)c(=O)c3ccccc23)CC1. The van der Waals surface area contributed by atoms with E-state index in [4.69, 9.17) is 4.74 Å². The van der Waals surface area contributed by atoms with Crippen LogP contribution in [0.4, 0.5) is 10.1 Å². The van der Waals surface area contributed by atoms with Crippen molar-refractivity contribution in [1.82, 2.24) is 14.7 Å². The van der Waals surface area contributed by atoms with Gasteiger partial charge in [0, 0.05) is 44.7 Å². The van der Waals surface area contributed by atoms with Crippen molar-refractivity contribution in [2.45, 2.75) is 20.0 Å². The summed E-state index contributed by atoms with van der Waals surface area (Å²) in [6.07, 6.45) is -0.0764. The van der Waals surface area contributed by atoms with Gasteiger partial charge in [0.2, 0.25) is 0 Å². The molecule has 0 atom stereocenters. The van der Waals surface area contributed by atoms with Crippen LogP contribution in [0.25, 0.3) is 10.8 Å². The fourth-order valence-corrected chi connectivity index (χ4v) is 3.86. The van der Waals surface area contributed by atoms with Gasteiger partial charge in [0.15, 0.2) is 5.69 Å². The second-order valence-electron chi connectivity index (χ2n) is 7.88. The van der Waals surface area contributed by atoms with Crippen molar-refractivity contribution < 1.29 is 13.9 Å². The monoisotopic (exact) mass is 424 g/mol. The number of hydrogen-bond donors (Lipinski definition) is 0. The van der Waals surface area contributed by atoms with Gasteiger partial charge in [0.05, 0.1) is 17.2 Å². The highest BCUT2D eigenvalue weighted by Crippen LogP contribution is 2.31. The third-order valence-corrected chi connectivity index (χ3v) is 5.35. The summed E-state index contributed by atoms with van der Waals surface area (Å²) in [5, 5.41) is 5.28. The summed E-state index contributed by atoms with van der Waals surface area (Å²) >= 11 is 0. The standard InChI is InChI=1S/C23H25FN4O3/c1-15(2)31-20-14-16(24)8-9-19(20)27-10-12-28(13-11-27)23(30)21-17-6-4-5-7-18(17)22(29)26(3)25-21/h4-9,14-15H,10-13H2,1-3H3. The molecule has 1 amide bonds. The summed E-state index contributed by atoms with van der Waals surface area (Å²) in [7, 11) is 1.55. The van der Waals surface area contributed by atoms with Crippen molar-refractivity contribution in [3.63, 3.8) is 0 Å². The molecule has 1 aliphatic heterocycles. The number of benzene rings is 2. The van der Waals surface area contributed by atoms with Crippen LogP contribution in [0, 0.1) is 5.82 Å². The number of nitrogens with zero attached hydrogens (tertiary/aromatic N) is 4. The summed E-state index contributed by atoms with van der Waals surface area (Å²) < 4.78 is 20.7. The average molecular weight is 424 g/mol. The summed E-state index contributed by atoms with van der Waals surface area (Å²) in [6.45, 7) is 5.92. The first-order chi connectivity index (χ1) is 14.8. The summed E-state index contributed by atoms with van der Waals surface area (Å²) in [5.41, 5.74) is 0.857. The first-order valence-electron chi connectivity index (χ1n) is 10.3. The van der Waals surface area contributed by atoms with Gasteiger partial charge in [-0.05, 0) is 32.0 Å². The zero-order valence-electron chi connectivity index (χ0n) is 17.8. The molecule has 2 heterocycles. The van der Waals surface area contributed by atoms with Crippen LogP contribution in [0.2, 0.25) is 0 Å². The second kappa shape index (κ2) is 8.37. The molecule has 1 aliphatic rings. The number of rotatable bonds is 4. The number of amides is 1. The Balaban J connectivity index is 1.55. The number of aryl methyl sites for hydroxylation is 1. The third kappa shape index (κ3) is 4.10. The van der Waals surface area contributed by atoms with Gasteiger partial charge in [-0.25, -0.2) is 9.07 Å². The number of ether oxygens (including phenoxy) is 1. The Morgan fingerprint density at radius 1 is 1.06 bits per heavy atom.